The van der Waals surface area contributed by atoms with Crippen molar-refractivity contribution in [1.29, 1.82) is 0 Å². The molecule has 1 aromatic carbocycles. The summed E-state index contributed by atoms with van der Waals surface area (Å²) < 4.78 is 27.6. The fraction of sp³-hybridized carbons (Fsp3) is 0.417. The first-order valence-electron chi connectivity index (χ1n) is 5.61. The molecule has 18 heavy (non-hydrogen) atoms. The Balaban J connectivity index is 2.34. The van der Waals surface area contributed by atoms with Gasteiger partial charge in [0.2, 0.25) is 0 Å². The number of halogens is 3. The molecule has 0 aromatic heterocycles. The highest BCUT2D eigenvalue weighted by molar-refractivity contribution is 9.10. The van der Waals surface area contributed by atoms with Crippen molar-refractivity contribution in [2.24, 2.45) is 0 Å². The minimum Gasteiger partial charge on any atom is -0.394 e. The molecular formula is C12H12BrF2NO2. The second-order valence-electron chi connectivity index (χ2n) is 4.22. The van der Waals surface area contributed by atoms with E-state index in [1.165, 1.54) is 4.90 Å². The molecule has 0 saturated carbocycles. The lowest BCUT2D eigenvalue weighted by Gasteiger charge is -2.23. The summed E-state index contributed by atoms with van der Waals surface area (Å²) in [6.07, 6.45) is 1.39. The van der Waals surface area contributed by atoms with Crippen LogP contribution in [-0.4, -0.2) is 35.1 Å². The topological polar surface area (TPSA) is 40.5 Å². The Bertz CT molecular complexity index is 458. The monoisotopic (exact) mass is 319 g/mol. The van der Waals surface area contributed by atoms with Crippen molar-refractivity contribution in [1.82, 2.24) is 4.90 Å². The molecular weight excluding hydrogens is 308 g/mol. The molecule has 3 nitrogen and oxygen atoms in total. The molecule has 1 fully saturated rings. The molecule has 0 unspecified atom stereocenters. The summed E-state index contributed by atoms with van der Waals surface area (Å²) in [5.41, 5.74) is -0.557. The molecule has 1 N–H and O–H groups in total. The third-order valence-corrected chi connectivity index (χ3v) is 3.53. The highest BCUT2D eigenvalue weighted by Crippen LogP contribution is 2.24. The lowest BCUT2D eigenvalue weighted by molar-refractivity contribution is 0.0668. The predicted molar refractivity (Wildman–Crippen MR) is 65.2 cm³/mol. The molecule has 0 spiro atoms. The van der Waals surface area contributed by atoms with Gasteiger partial charge in [-0.3, -0.25) is 4.79 Å². The summed E-state index contributed by atoms with van der Waals surface area (Å²) in [5.74, 6) is -2.49. The number of hydrogen-bond donors (Lipinski definition) is 1. The van der Waals surface area contributed by atoms with Crippen molar-refractivity contribution < 1.29 is 18.7 Å². The minimum atomic E-state index is -0.893. The number of carbonyl (C=O) groups is 1. The van der Waals surface area contributed by atoms with Crippen LogP contribution in [0.3, 0.4) is 0 Å². The van der Waals surface area contributed by atoms with E-state index in [4.69, 9.17) is 5.11 Å². The van der Waals surface area contributed by atoms with Crippen LogP contribution >= 0.6 is 15.9 Å². The normalized spacial score (nSPS) is 19.3. The molecule has 1 atom stereocenters. The van der Waals surface area contributed by atoms with Gasteiger partial charge in [-0.1, -0.05) is 15.9 Å². The third-order valence-electron chi connectivity index (χ3n) is 3.07. The standard InChI is InChI=1S/C12H12BrF2NO2/c13-7-4-9(14)11(10(15)5-7)12(18)16-3-1-2-8(16)6-17/h4-5,8,17H,1-3,6H2/t8-/m1/s1. The van der Waals surface area contributed by atoms with E-state index in [9.17, 15) is 13.6 Å². The van der Waals surface area contributed by atoms with E-state index in [2.05, 4.69) is 15.9 Å². The van der Waals surface area contributed by atoms with Crippen LogP contribution in [0.25, 0.3) is 0 Å². The molecule has 98 valence electrons. The number of aliphatic hydroxyl groups excluding tert-OH is 1. The molecule has 0 aliphatic carbocycles. The first kappa shape index (κ1) is 13.4. The van der Waals surface area contributed by atoms with Crippen LogP contribution in [0.5, 0.6) is 0 Å². The molecule has 1 amide bonds. The Morgan fingerprint density at radius 2 is 2.06 bits per heavy atom. The second kappa shape index (κ2) is 5.32. The van der Waals surface area contributed by atoms with Gasteiger partial charge in [0.25, 0.3) is 5.91 Å². The largest absolute Gasteiger partial charge is 0.394 e. The molecule has 1 aliphatic heterocycles. The summed E-state index contributed by atoms with van der Waals surface area (Å²) in [6.45, 7) is 0.227. The van der Waals surface area contributed by atoms with Gasteiger partial charge in [0.1, 0.15) is 17.2 Å². The van der Waals surface area contributed by atoms with Gasteiger partial charge in [0.05, 0.1) is 12.6 Å². The summed E-state index contributed by atoms with van der Waals surface area (Å²) in [7, 11) is 0. The quantitative estimate of drug-likeness (QED) is 0.909. The minimum absolute atomic E-state index is 0.189. The van der Waals surface area contributed by atoms with Gasteiger partial charge >= 0.3 is 0 Å². The molecule has 1 aliphatic rings. The number of rotatable bonds is 2. The van der Waals surface area contributed by atoms with Crippen LogP contribution < -0.4 is 0 Å². The maximum absolute atomic E-state index is 13.7. The number of aliphatic hydroxyl groups is 1. The molecule has 6 heteroatoms. The van der Waals surface area contributed by atoms with E-state index in [1.54, 1.807) is 0 Å². The van der Waals surface area contributed by atoms with E-state index >= 15 is 0 Å². The number of carbonyl (C=O) groups excluding carboxylic acids is 1. The third kappa shape index (κ3) is 2.40. The molecule has 0 bridgehead atoms. The fourth-order valence-electron chi connectivity index (χ4n) is 2.18. The van der Waals surface area contributed by atoms with Crippen LogP contribution in [0, 0.1) is 11.6 Å². The molecule has 0 radical (unpaired) electrons. The summed E-state index contributed by atoms with van der Waals surface area (Å²) in [5, 5.41) is 9.13. The van der Waals surface area contributed by atoms with E-state index in [0.717, 1.165) is 18.6 Å². The number of benzene rings is 1. The van der Waals surface area contributed by atoms with Gasteiger partial charge in [-0.15, -0.1) is 0 Å². The van der Waals surface area contributed by atoms with Crippen molar-refractivity contribution in [3.63, 3.8) is 0 Å². The number of likely N-dealkylation sites (tertiary alicyclic amines) is 1. The van der Waals surface area contributed by atoms with E-state index in [0.29, 0.717) is 13.0 Å². The molecule has 1 heterocycles. The smallest absolute Gasteiger partial charge is 0.260 e. The average Bonchev–Trinajstić information content (AvgIpc) is 2.75. The van der Waals surface area contributed by atoms with Crippen LogP contribution in [-0.2, 0) is 0 Å². The van der Waals surface area contributed by atoms with Crippen LogP contribution in [0.1, 0.15) is 23.2 Å². The Morgan fingerprint density at radius 1 is 1.44 bits per heavy atom. The summed E-state index contributed by atoms with van der Waals surface area (Å²) >= 11 is 2.96. The highest BCUT2D eigenvalue weighted by atomic mass is 79.9. The molecule has 1 saturated heterocycles. The average molecular weight is 320 g/mol. The van der Waals surface area contributed by atoms with Crippen molar-refractivity contribution in [2.75, 3.05) is 13.2 Å². The lowest BCUT2D eigenvalue weighted by atomic mass is 10.1. The summed E-state index contributed by atoms with van der Waals surface area (Å²) in [6, 6.07) is 1.76. The zero-order valence-electron chi connectivity index (χ0n) is 9.50. The zero-order valence-corrected chi connectivity index (χ0v) is 11.1. The Hall–Kier alpha value is -1.01. The molecule has 1 aromatic rings. The van der Waals surface area contributed by atoms with Crippen LogP contribution in [0.2, 0.25) is 0 Å². The molecule has 2 rings (SSSR count). The van der Waals surface area contributed by atoms with Gasteiger partial charge in [-0.05, 0) is 25.0 Å². The number of amides is 1. The van der Waals surface area contributed by atoms with Crippen molar-refractivity contribution in [3.8, 4) is 0 Å². The Morgan fingerprint density at radius 3 is 2.61 bits per heavy atom. The van der Waals surface area contributed by atoms with E-state index in [-0.39, 0.29) is 17.1 Å². The maximum atomic E-state index is 13.7. The number of hydrogen-bond acceptors (Lipinski definition) is 2. The second-order valence-corrected chi connectivity index (χ2v) is 5.14. The van der Waals surface area contributed by atoms with Gasteiger partial charge < -0.3 is 10.0 Å². The lowest BCUT2D eigenvalue weighted by Crippen LogP contribution is -2.38. The fourth-order valence-corrected chi connectivity index (χ4v) is 2.58. The maximum Gasteiger partial charge on any atom is 0.260 e. The summed E-state index contributed by atoms with van der Waals surface area (Å²) in [4.78, 5) is 13.4. The first-order chi connectivity index (χ1) is 8.54. The Kier molecular flexibility index (Phi) is 3.97. The Labute approximate surface area is 112 Å². The highest BCUT2D eigenvalue weighted by Gasteiger charge is 2.32. The van der Waals surface area contributed by atoms with E-state index < -0.39 is 23.1 Å². The van der Waals surface area contributed by atoms with Gasteiger partial charge in [0.15, 0.2) is 0 Å². The predicted octanol–water partition coefficient (Wildman–Crippen LogP) is 2.32. The SMILES string of the molecule is O=C(c1c(F)cc(Br)cc1F)N1CCC[C@@H]1CO. The van der Waals surface area contributed by atoms with Crippen molar-refractivity contribution in [2.45, 2.75) is 18.9 Å². The van der Waals surface area contributed by atoms with E-state index in [1.807, 2.05) is 0 Å². The van der Waals surface area contributed by atoms with Crippen molar-refractivity contribution >= 4 is 21.8 Å². The van der Waals surface area contributed by atoms with Gasteiger partial charge in [-0.2, -0.15) is 0 Å². The van der Waals surface area contributed by atoms with Gasteiger partial charge in [-0.25, -0.2) is 8.78 Å². The van der Waals surface area contributed by atoms with Crippen molar-refractivity contribution in [3.05, 3.63) is 33.8 Å². The van der Waals surface area contributed by atoms with Crippen LogP contribution in [0.15, 0.2) is 16.6 Å². The first-order valence-corrected chi connectivity index (χ1v) is 6.40. The van der Waals surface area contributed by atoms with Crippen LogP contribution in [0.4, 0.5) is 8.78 Å². The number of nitrogens with zero attached hydrogens (tertiary/aromatic N) is 1. The zero-order chi connectivity index (χ0) is 13.3. The van der Waals surface area contributed by atoms with Gasteiger partial charge in [0, 0.05) is 11.0 Å².